The second kappa shape index (κ2) is 73.3. The van der Waals surface area contributed by atoms with Crippen molar-refractivity contribution < 1.29 is 28.5 Å². The number of nitrogens with zero attached hydrogens (tertiary/aromatic N) is 3. The summed E-state index contributed by atoms with van der Waals surface area (Å²) < 4.78 is 4.07. The van der Waals surface area contributed by atoms with E-state index in [1.165, 1.54) is 419 Å². The van der Waals surface area contributed by atoms with Gasteiger partial charge in [-0.2, -0.15) is 0 Å². The van der Waals surface area contributed by atoms with Crippen molar-refractivity contribution >= 4 is 7.32 Å². The minimum Gasteiger partial charge on any atom is -0.907 e. The van der Waals surface area contributed by atoms with E-state index in [0.29, 0.717) is 0 Å². The van der Waals surface area contributed by atoms with Crippen LogP contribution in [0.1, 0.15) is 409 Å². The van der Waals surface area contributed by atoms with Crippen LogP contribution in [0.5, 0.6) is 0 Å². The summed E-state index contributed by atoms with van der Waals surface area (Å²) in [5.74, 6) is 0. The predicted octanol–water partition coefficient (Wildman–Crippen LogP) is 21.6. The molecule has 0 saturated heterocycles. The van der Waals surface area contributed by atoms with Gasteiger partial charge in [-0.25, -0.2) is 0 Å². The zero-order valence-electron chi connectivity index (χ0n) is 59.7. The lowest BCUT2D eigenvalue weighted by Gasteiger charge is -2.35. The van der Waals surface area contributed by atoms with E-state index in [1.54, 1.807) is 0 Å². The van der Waals surface area contributed by atoms with E-state index in [-0.39, 0.29) is 0 Å². The molecule has 82 heavy (non-hydrogen) atoms. The van der Waals surface area contributed by atoms with Crippen LogP contribution >= 0.6 is 0 Å². The molecular formula is C75H162BN3O3. The van der Waals surface area contributed by atoms with Gasteiger partial charge in [-0.3, -0.25) is 7.32 Å². The van der Waals surface area contributed by atoms with Crippen molar-refractivity contribution in [3.05, 3.63) is 0 Å². The van der Waals surface area contributed by atoms with Gasteiger partial charge in [0.25, 0.3) is 0 Å². The molecule has 0 aromatic carbocycles. The number of rotatable bonds is 63. The molecule has 0 radical (unpaired) electrons. The van der Waals surface area contributed by atoms with Gasteiger partial charge in [0.1, 0.15) is 0 Å². The fraction of sp³-hybridized carbons (Fsp3) is 1.00. The topological polar surface area (TPSA) is 69.2 Å². The van der Waals surface area contributed by atoms with Crippen LogP contribution in [-0.4, -0.2) is 101 Å². The summed E-state index contributed by atoms with van der Waals surface area (Å²) in [6.45, 7) is 33.7. The van der Waals surface area contributed by atoms with Crippen molar-refractivity contribution in [2.24, 2.45) is 0 Å². The molecule has 7 heteroatoms. The van der Waals surface area contributed by atoms with Crippen LogP contribution in [-0.2, 0) is 0 Å². The molecule has 0 spiro atoms. The lowest BCUT2D eigenvalue weighted by molar-refractivity contribution is -0.910. The summed E-state index contributed by atoms with van der Waals surface area (Å²) in [5.41, 5.74) is 0. The Bertz CT molecular complexity index is 857. The van der Waals surface area contributed by atoms with E-state index in [4.69, 9.17) is 15.1 Å². The predicted molar refractivity (Wildman–Crippen MR) is 368 cm³/mol. The maximum Gasteiger partial charge on any atom is 0.0784 e. The van der Waals surface area contributed by atoms with Crippen molar-refractivity contribution in [1.82, 2.24) is 0 Å². The molecule has 0 aliphatic carbocycles. The second-order valence-corrected chi connectivity index (χ2v) is 27.6. The number of hydrogen-bond donors (Lipinski definition) is 0. The Morgan fingerprint density at radius 3 is 0.317 bits per heavy atom. The molecule has 498 valence electrons. The van der Waals surface area contributed by atoms with Crippen LogP contribution in [0, 0.1) is 0 Å². The molecule has 0 amide bonds. The third-order valence-corrected chi connectivity index (χ3v) is 18.5. The summed E-state index contributed by atoms with van der Waals surface area (Å²) in [7, 11) is 4.76. The van der Waals surface area contributed by atoms with Gasteiger partial charge in [-0.15, -0.1) is 0 Å². The van der Waals surface area contributed by atoms with Gasteiger partial charge in [0, 0.05) is 0 Å². The Labute approximate surface area is 522 Å². The summed E-state index contributed by atoms with van der Waals surface area (Å²) >= 11 is 0. The first-order chi connectivity index (χ1) is 39.8. The molecule has 0 unspecified atom stereocenters. The molecule has 0 fully saturated rings. The fourth-order valence-corrected chi connectivity index (χ4v) is 12.5. The van der Waals surface area contributed by atoms with Crippen LogP contribution in [0.3, 0.4) is 0 Å². The standard InChI is InChI=1S/3C25H54N.BO3/c3*1-5-8-11-14-17-20-23-26(4,24-21-18-15-12-9-6-2)25-22-19-16-13-10-7-3;2-1(3)4/h3*5-25H2,1-4H3;/q3*+1;-3. The minimum atomic E-state index is -2.92. The van der Waals surface area contributed by atoms with Gasteiger partial charge in [0.05, 0.1) is 80.0 Å². The summed E-state index contributed by atoms with van der Waals surface area (Å²) in [6.07, 6.45) is 77.6. The Hall–Kier alpha value is -0.175. The Morgan fingerprint density at radius 2 is 0.232 bits per heavy atom. The number of hydrogen-bond acceptors (Lipinski definition) is 3. The van der Waals surface area contributed by atoms with Crippen molar-refractivity contribution in [2.45, 2.75) is 409 Å². The van der Waals surface area contributed by atoms with E-state index in [2.05, 4.69) is 83.5 Å². The summed E-state index contributed by atoms with van der Waals surface area (Å²) in [4.78, 5) is 0. The lowest BCUT2D eigenvalue weighted by atomic mass is 10.1. The minimum absolute atomic E-state index is 1.36. The highest BCUT2D eigenvalue weighted by Crippen LogP contribution is 2.20. The zero-order chi connectivity index (χ0) is 61.6. The monoisotopic (exact) mass is 1160 g/mol. The van der Waals surface area contributed by atoms with Gasteiger partial charge in [0.15, 0.2) is 0 Å². The highest BCUT2D eigenvalue weighted by Gasteiger charge is 2.22. The molecule has 0 rings (SSSR count). The van der Waals surface area contributed by atoms with E-state index < -0.39 is 7.32 Å². The molecule has 0 aromatic heterocycles. The summed E-state index contributed by atoms with van der Waals surface area (Å²) in [6, 6.07) is 0. The van der Waals surface area contributed by atoms with Gasteiger partial charge in [-0.05, 0) is 116 Å². The normalized spacial score (nSPS) is 11.7. The molecule has 0 N–H and O–H groups in total. The Morgan fingerprint density at radius 1 is 0.159 bits per heavy atom. The SMILES string of the molecule is CCCCCCCC[N+](C)(CCCCCCCC)CCCCCCCC.CCCCCCCC[N+](C)(CCCCCCCC)CCCCCCCC.CCCCCCCC[N+](C)(CCCCCCCC)CCCCCCCC.[O-]B([O-])[O-]. The van der Waals surface area contributed by atoms with E-state index >= 15 is 0 Å². The molecule has 0 atom stereocenters. The first-order valence-corrected chi connectivity index (χ1v) is 38.3. The average Bonchev–Trinajstić information content (AvgIpc) is 3.46. The van der Waals surface area contributed by atoms with E-state index in [1.807, 2.05) is 0 Å². The number of quaternary nitrogens is 3. The third-order valence-electron chi connectivity index (χ3n) is 18.5. The molecule has 0 aliphatic rings. The molecule has 0 saturated carbocycles. The first kappa shape index (κ1) is 88.3. The highest BCUT2D eigenvalue weighted by atomic mass is 16.5. The maximum absolute atomic E-state index is 8.42. The zero-order valence-corrected chi connectivity index (χ0v) is 59.7. The van der Waals surface area contributed by atoms with Crippen LogP contribution in [0.4, 0.5) is 0 Å². The summed E-state index contributed by atoms with van der Waals surface area (Å²) in [5, 5.41) is 25.2. The Kier molecular flexibility index (Phi) is 78.9. The maximum atomic E-state index is 8.42. The van der Waals surface area contributed by atoms with Gasteiger partial charge in [-0.1, -0.05) is 293 Å². The second-order valence-electron chi connectivity index (χ2n) is 27.6. The highest BCUT2D eigenvalue weighted by molar-refractivity contribution is 6.24. The number of unbranched alkanes of at least 4 members (excludes halogenated alkanes) is 45. The molecule has 6 nitrogen and oxygen atoms in total. The lowest BCUT2D eigenvalue weighted by Crippen LogP contribution is -2.56. The van der Waals surface area contributed by atoms with Crippen LogP contribution < -0.4 is 15.1 Å². The van der Waals surface area contributed by atoms with Crippen molar-refractivity contribution in [2.75, 3.05) is 80.0 Å². The van der Waals surface area contributed by atoms with Crippen LogP contribution in [0.2, 0.25) is 0 Å². The average molecular weight is 1160 g/mol. The smallest absolute Gasteiger partial charge is 0.0784 e. The van der Waals surface area contributed by atoms with Gasteiger partial charge in [0.2, 0.25) is 0 Å². The van der Waals surface area contributed by atoms with E-state index in [9.17, 15) is 0 Å². The van der Waals surface area contributed by atoms with E-state index in [0.717, 1.165) is 0 Å². The fourth-order valence-electron chi connectivity index (χ4n) is 12.5. The molecule has 0 bridgehead atoms. The van der Waals surface area contributed by atoms with Crippen LogP contribution in [0.25, 0.3) is 0 Å². The van der Waals surface area contributed by atoms with Crippen LogP contribution in [0.15, 0.2) is 0 Å². The quantitative estimate of drug-likeness (QED) is 0.0346. The molecule has 0 aromatic rings. The van der Waals surface area contributed by atoms with Crippen molar-refractivity contribution in [3.63, 3.8) is 0 Å². The third kappa shape index (κ3) is 75.9. The van der Waals surface area contributed by atoms with Crippen molar-refractivity contribution in [1.29, 1.82) is 0 Å². The Balaban J connectivity index is -0.000000537. The molecule has 0 aliphatic heterocycles. The van der Waals surface area contributed by atoms with Gasteiger partial charge < -0.3 is 28.5 Å². The first-order valence-electron chi connectivity index (χ1n) is 38.3. The van der Waals surface area contributed by atoms with Crippen molar-refractivity contribution in [3.8, 4) is 0 Å². The molecule has 0 heterocycles. The van der Waals surface area contributed by atoms with Gasteiger partial charge >= 0.3 is 0 Å². The molecular weight excluding hydrogens is 1000 g/mol. The largest absolute Gasteiger partial charge is 0.907 e.